The molecule has 0 aliphatic heterocycles. The number of rotatable bonds is 2. The first-order valence-electron chi connectivity index (χ1n) is 5.69. The maximum Gasteiger partial charge on any atom is 0.233 e. The van der Waals surface area contributed by atoms with Gasteiger partial charge in [0.15, 0.2) is 5.78 Å². The van der Waals surface area contributed by atoms with Crippen LogP contribution in [0, 0.1) is 0 Å². The van der Waals surface area contributed by atoms with Crippen LogP contribution in [0.2, 0.25) is 0 Å². The van der Waals surface area contributed by atoms with Crippen LogP contribution in [0.1, 0.15) is 28.2 Å². The van der Waals surface area contributed by atoms with Gasteiger partial charge in [0.25, 0.3) is 0 Å². The molecule has 0 fully saturated rings. The standard InChI is InChI=1S/C12H11N3O2S/c1-17-10-6-5-7(14-15-10)12-13-11-8(16)3-2-4-9(11)18-12/h5-6H,2-4H2,1H3. The molecule has 18 heavy (non-hydrogen) atoms. The normalized spacial score (nSPS) is 14.4. The summed E-state index contributed by atoms with van der Waals surface area (Å²) in [4.78, 5) is 17.2. The van der Waals surface area contributed by atoms with E-state index in [0.29, 0.717) is 23.7 Å². The number of fused-ring (bicyclic) bond motifs is 1. The van der Waals surface area contributed by atoms with Crippen LogP contribution in [0.5, 0.6) is 5.88 Å². The van der Waals surface area contributed by atoms with Crippen molar-refractivity contribution in [2.75, 3.05) is 7.11 Å². The van der Waals surface area contributed by atoms with Gasteiger partial charge in [-0.25, -0.2) is 4.98 Å². The van der Waals surface area contributed by atoms with E-state index in [9.17, 15) is 4.79 Å². The van der Waals surface area contributed by atoms with Crippen LogP contribution in [-0.4, -0.2) is 28.1 Å². The van der Waals surface area contributed by atoms with Crippen molar-refractivity contribution in [1.29, 1.82) is 0 Å². The van der Waals surface area contributed by atoms with Crippen LogP contribution in [-0.2, 0) is 6.42 Å². The highest BCUT2D eigenvalue weighted by molar-refractivity contribution is 7.15. The molecule has 0 spiro atoms. The van der Waals surface area contributed by atoms with Gasteiger partial charge in [0.2, 0.25) is 5.88 Å². The van der Waals surface area contributed by atoms with Crippen molar-refractivity contribution < 1.29 is 9.53 Å². The lowest BCUT2D eigenvalue weighted by Gasteiger charge is -2.06. The highest BCUT2D eigenvalue weighted by Crippen LogP contribution is 2.31. The summed E-state index contributed by atoms with van der Waals surface area (Å²) in [6.45, 7) is 0. The van der Waals surface area contributed by atoms with Gasteiger partial charge >= 0.3 is 0 Å². The number of thiazole rings is 1. The molecule has 2 heterocycles. The van der Waals surface area contributed by atoms with E-state index < -0.39 is 0 Å². The number of Topliss-reactive ketones (excluding diaryl/α,β-unsaturated/α-hetero) is 1. The number of carbonyl (C=O) groups is 1. The molecule has 0 unspecified atom stereocenters. The minimum Gasteiger partial charge on any atom is -0.480 e. The molecule has 0 amide bonds. The second-order valence-corrected chi connectivity index (χ2v) is 5.11. The number of hydrogen-bond acceptors (Lipinski definition) is 6. The van der Waals surface area contributed by atoms with Crippen molar-refractivity contribution in [3.63, 3.8) is 0 Å². The minimum absolute atomic E-state index is 0.139. The van der Waals surface area contributed by atoms with Crippen LogP contribution >= 0.6 is 11.3 Å². The smallest absolute Gasteiger partial charge is 0.233 e. The molecule has 0 atom stereocenters. The van der Waals surface area contributed by atoms with Crippen molar-refractivity contribution in [3.8, 4) is 16.6 Å². The summed E-state index contributed by atoms with van der Waals surface area (Å²) in [7, 11) is 1.55. The average Bonchev–Trinajstić information content (AvgIpc) is 2.84. The van der Waals surface area contributed by atoms with E-state index in [4.69, 9.17) is 4.74 Å². The summed E-state index contributed by atoms with van der Waals surface area (Å²) in [6, 6.07) is 3.55. The number of hydrogen-bond donors (Lipinski definition) is 0. The van der Waals surface area contributed by atoms with E-state index >= 15 is 0 Å². The van der Waals surface area contributed by atoms with Gasteiger partial charge in [-0.2, -0.15) is 0 Å². The number of methoxy groups -OCH3 is 1. The van der Waals surface area contributed by atoms with E-state index in [1.54, 1.807) is 19.2 Å². The highest BCUT2D eigenvalue weighted by atomic mass is 32.1. The predicted molar refractivity (Wildman–Crippen MR) is 67.0 cm³/mol. The van der Waals surface area contributed by atoms with Crippen LogP contribution in [0.15, 0.2) is 12.1 Å². The van der Waals surface area contributed by atoms with Crippen molar-refractivity contribution in [3.05, 3.63) is 22.7 Å². The molecule has 92 valence electrons. The maximum absolute atomic E-state index is 11.7. The number of nitrogens with zero attached hydrogens (tertiary/aromatic N) is 3. The third kappa shape index (κ3) is 1.88. The molecule has 0 saturated carbocycles. The molecule has 0 aromatic carbocycles. The van der Waals surface area contributed by atoms with Gasteiger partial charge in [-0.1, -0.05) is 0 Å². The van der Waals surface area contributed by atoms with Gasteiger partial charge in [-0.3, -0.25) is 4.79 Å². The Bertz CT molecular complexity index is 592. The first-order chi connectivity index (χ1) is 8.78. The molecule has 1 aliphatic carbocycles. The lowest BCUT2D eigenvalue weighted by Crippen LogP contribution is -2.08. The maximum atomic E-state index is 11.7. The summed E-state index contributed by atoms with van der Waals surface area (Å²) < 4.78 is 4.96. The zero-order chi connectivity index (χ0) is 12.5. The third-order valence-corrected chi connectivity index (χ3v) is 3.98. The minimum atomic E-state index is 0.139. The molecule has 6 heteroatoms. The predicted octanol–water partition coefficient (Wildman–Crippen LogP) is 2.13. The Balaban J connectivity index is 1.99. The van der Waals surface area contributed by atoms with Crippen LogP contribution in [0.4, 0.5) is 0 Å². The lowest BCUT2D eigenvalue weighted by atomic mass is 10.0. The Kier molecular flexibility index (Phi) is 2.79. The fourth-order valence-corrected chi connectivity index (χ4v) is 3.01. The number of aromatic nitrogens is 3. The zero-order valence-electron chi connectivity index (χ0n) is 9.84. The number of aryl methyl sites for hydroxylation is 1. The van der Waals surface area contributed by atoms with Gasteiger partial charge in [-0.05, 0) is 18.9 Å². The number of carbonyl (C=O) groups excluding carboxylic acids is 1. The Labute approximate surface area is 108 Å². The zero-order valence-corrected chi connectivity index (χ0v) is 10.7. The molecule has 3 rings (SSSR count). The summed E-state index contributed by atoms with van der Waals surface area (Å²) in [5.41, 5.74) is 1.31. The molecule has 1 aliphatic rings. The largest absolute Gasteiger partial charge is 0.480 e. The molecule has 2 aromatic rings. The van der Waals surface area contributed by atoms with Gasteiger partial charge in [-0.15, -0.1) is 21.5 Å². The number of ketones is 1. The van der Waals surface area contributed by atoms with E-state index in [2.05, 4.69) is 15.2 Å². The SMILES string of the molecule is COc1ccc(-c2nc3c(s2)CCCC3=O)nn1. The van der Waals surface area contributed by atoms with E-state index in [0.717, 1.165) is 22.7 Å². The van der Waals surface area contributed by atoms with E-state index in [1.165, 1.54) is 11.3 Å². The highest BCUT2D eigenvalue weighted by Gasteiger charge is 2.23. The van der Waals surface area contributed by atoms with Crippen molar-refractivity contribution in [1.82, 2.24) is 15.2 Å². The van der Waals surface area contributed by atoms with Crippen LogP contribution in [0.25, 0.3) is 10.7 Å². The van der Waals surface area contributed by atoms with Crippen molar-refractivity contribution in [2.45, 2.75) is 19.3 Å². The van der Waals surface area contributed by atoms with Gasteiger partial charge in [0, 0.05) is 17.4 Å². The van der Waals surface area contributed by atoms with E-state index in [-0.39, 0.29) is 5.78 Å². The summed E-state index contributed by atoms with van der Waals surface area (Å²) in [6.07, 6.45) is 2.45. The summed E-state index contributed by atoms with van der Waals surface area (Å²) >= 11 is 1.53. The fraction of sp³-hybridized carbons (Fsp3) is 0.333. The summed E-state index contributed by atoms with van der Waals surface area (Å²) in [5.74, 6) is 0.608. The Hall–Kier alpha value is -1.82. The van der Waals surface area contributed by atoms with Gasteiger partial charge in [0.1, 0.15) is 16.4 Å². The molecular weight excluding hydrogens is 250 g/mol. The molecule has 0 radical (unpaired) electrons. The average molecular weight is 261 g/mol. The first-order valence-corrected chi connectivity index (χ1v) is 6.50. The van der Waals surface area contributed by atoms with Gasteiger partial charge < -0.3 is 4.74 Å². The third-order valence-electron chi connectivity index (χ3n) is 2.84. The van der Waals surface area contributed by atoms with Crippen LogP contribution in [0.3, 0.4) is 0 Å². The van der Waals surface area contributed by atoms with Crippen LogP contribution < -0.4 is 4.74 Å². The van der Waals surface area contributed by atoms with E-state index in [1.807, 2.05) is 0 Å². The quantitative estimate of drug-likeness (QED) is 0.828. The fourth-order valence-electron chi connectivity index (χ4n) is 1.92. The van der Waals surface area contributed by atoms with Crippen molar-refractivity contribution >= 4 is 17.1 Å². The Morgan fingerprint density at radius 1 is 1.28 bits per heavy atom. The first kappa shape index (κ1) is 11.3. The Morgan fingerprint density at radius 3 is 2.83 bits per heavy atom. The van der Waals surface area contributed by atoms with Crippen molar-refractivity contribution in [2.24, 2.45) is 0 Å². The molecule has 5 nitrogen and oxygen atoms in total. The second kappa shape index (κ2) is 4.45. The summed E-state index contributed by atoms with van der Waals surface area (Å²) in [5, 5.41) is 8.71. The monoisotopic (exact) mass is 261 g/mol. The van der Waals surface area contributed by atoms with Gasteiger partial charge in [0.05, 0.1) is 7.11 Å². The Morgan fingerprint density at radius 2 is 2.17 bits per heavy atom. The molecule has 0 bridgehead atoms. The number of ether oxygens (including phenoxy) is 1. The molecular formula is C12H11N3O2S. The lowest BCUT2D eigenvalue weighted by molar-refractivity contribution is 0.0968. The molecule has 2 aromatic heterocycles. The molecule has 0 N–H and O–H groups in total. The topological polar surface area (TPSA) is 65.0 Å². The second-order valence-electron chi connectivity index (χ2n) is 4.03. The molecule has 0 saturated heterocycles.